The molecule has 12 heavy (non-hydrogen) atoms. The molecule has 1 unspecified atom stereocenters. The highest BCUT2D eigenvalue weighted by molar-refractivity contribution is 6.43. The topological polar surface area (TPSA) is 46.5 Å². The fraction of sp³-hybridized carbons (Fsp3) is 0.625. The van der Waals surface area contributed by atoms with Crippen molar-refractivity contribution in [3.8, 4) is 0 Å². The molecular weight excluding hydrogens is 155 g/mol. The lowest BCUT2D eigenvalue weighted by Crippen LogP contribution is -2.28. The summed E-state index contributed by atoms with van der Waals surface area (Å²) in [6.07, 6.45) is 4.90. The van der Waals surface area contributed by atoms with Crippen LogP contribution >= 0.6 is 0 Å². The van der Waals surface area contributed by atoms with E-state index in [2.05, 4.69) is 0 Å². The molecule has 4 heteroatoms. The van der Waals surface area contributed by atoms with Crippen LogP contribution in [0.5, 0.6) is 0 Å². The first-order chi connectivity index (χ1) is 5.72. The quantitative estimate of drug-likeness (QED) is 0.500. The molecule has 1 atom stereocenters. The molecule has 1 rings (SSSR count). The van der Waals surface area contributed by atoms with Gasteiger partial charge in [-0.05, 0) is 0 Å². The Balaban J connectivity index is 2.37. The van der Waals surface area contributed by atoms with E-state index in [4.69, 9.17) is 9.68 Å². The molecule has 0 amide bonds. The average Bonchev–Trinajstić information content (AvgIpc) is 2.04. The van der Waals surface area contributed by atoms with Crippen LogP contribution < -0.4 is 0 Å². The summed E-state index contributed by atoms with van der Waals surface area (Å²) in [5, 5.41) is 9.08. The molecular formula is C8H13BO3. The molecule has 66 valence electrons. The molecule has 1 heterocycles. The summed E-state index contributed by atoms with van der Waals surface area (Å²) in [7, 11) is -0.732. The van der Waals surface area contributed by atoms with E-state index in [-0.39, 0.29) is 11.9 Å². The van der Waals surface area contributed by atoms with Crippen molar-refractivity contribution in [1.29, 1.82) is 0 Å². The second-order valence-electron chi connectivity index (χ2n) is 2.89. The van der Waals surface area contributed by atoms with E-state index in [1.165, 1.54) is 0 Å². The number of allylic oxidation sites excluding steroid dienone is 1. The Kier molecular flexibility index (Phi) is 3.50. The van der Waals surface area contributed by atoms with Crippen LogP contribution in [-0.2, 0) is 9.45 Å². The molecule has 0 aromatic carbocycles. The predicted octanol–water partition coefficient (Wildman–Crippen LogP) is 0.791. The Hall–Kier alpha value is -0.605. The standard InChI is InChI=1S/C8H13BO3/c1-2-7(10)6-8-4-3-5-9(11)12-8/h3-4,8,11H,2,5-6H2,1H3. The van der Waals surface area contributed by atoms with Gasteiger partial charge in [-0.25, -0.2) is 0 Å². The van der Waals surface area contributed by atoms with Gasteiger partial charge in [0.2, 0.25) is 0 Å². The van der Waals surface area contributed by atoms with Crippen LogP contribution in [-0.4, -0.2) is 24.0 Å². The summed E-state index contributed by atoms with van der Waals surface area (Å²) in [4.78, 5) is 11.0. The van der Waals surface area contributed by atoms with Crippen molar-refractivity contribution >= 4 is 12.9 Å². The minimum Gasteiger partial charge on any atom is -0.427 e. The minimum atomic E-state index is -0.732. The second kappa shape index (κ2) is 4.43. The number of ketones is 1. The number of carbonyl (C=O) groups excluding carboxylic acids is 1. The Morgan fingerprint density at radius 2 is 2.58 bits per heavy atom. The number of hydrogen-bond acceptors (Lipinski definition) is 3. The van der Waals surface area contributed by atoms with Crippen LogP contribution in [0.2, 0.25) is 6.32 Å². The van der Waals surface area contributed by atoms with E-state index in [9.17, 15) is 4.79 Å². The van der Waals surface area contributed by atoms with Crippen molar-refractivity contribution in [2.24, 2.45) is 0 Å². The van der Waals surface area contributed by atoms with Gasteiger partial charge in [0.15, 0.2) is 0 Å². The highest BCUT2D eigenvalue weighted by Gasteiger charge is 2.21. The van der Waals surface area contributed by atoms with Gasteiger partial charge in [-0.15, -0.1) is 0 Å². The van der Waals surface area contributed by atoms with Gasteiger partial charge in [-0.1, -0.05) is 19.1 Å². The lowest BCUT2D eigenvalue weighted by molar-refractivity contribution is -0.120. The molecule has 0 fully saturated rings. The number of carbonyl (C=O) groups is 1. The molecule has 0 spiro atoms. The van der Waals surface area contributed by atoms with Crippen LogP contribution in [0.3, 0.4) is 0 Å². The first kappa shape index (κ1) is 9.48. The Morgan fingerprint density at radius 3 is 3.17 bits per heavy atom. The van der Waals surface area contributed by atoms with E-state index < -0.39 is 7.12 Å². The Morgan fingerprint density at radius 1 is 1.83 bits per heavy atom. The van der Waals surface area contributed by atoms with Gasteiger partial charge in [0.25, 0.3) is 0 Å². The third-order valence-electron chi connectivity index (χ3n) is 1.84. The minimum absolute atomic E-state index is 0.166. The zero-order valence-electron chi connectivity index (χ0n) is 7.19. The van der Waals surface area contributed by atoms with Crippen molar-refractivity contribution in [1.82, 2.24) is 0 Å². The third kappa shape index (κ3) is 2.79. The molecule has 1 aliphatic rings. The molecule has 0 aliphatic carbocycles. The largest absolute Gasteiger partial charge is 0.458 e. The molecule has 0 aromatic heterocycles. The van der Waals surface area contributed by atoms with E-state index in [1.807, 2.05) is 19.1 Å². The van der Waals surface area contributed by atoms with Crippen LogP contribution in [0.25, 0.3) is 0 Å². The third-order valence-corrected chi connectivity index (χ3v) is 1.84. The fourth-order valence-corrected chi connectivity index (χ4v) is 1.13. The van der Waals surface area contributed by atoms with Crippen molar-refractivity contribution in [3.05, 3.63) is 12.2 Å². The SMILES string of the molecule is CCC(=O)CC1C=CCB(O)O1. The summed E-state index contributed by atoms with van der Waals surface area (Å²) >= 11 is 0. The van der Waals surface area contributed by atoms with Gasteiger partial charge >= 0.3 is 7.12 Å². The number of hydrogen-bond donors (Lipinski definition) is 1. The van der Waals surface area contributed by atoms with Gasteiger partial charge in [0.05, 0.1) is 6.10 Å². The Bertz CT molecular complexity index is 191. The first-order valence-electron chi connectivity index (χ1n) is 4.24. The van der Waals surface area contributed by atoms with Gasteiger partial charge in [0, 0.05) is 19.2 Å². The highest BCUT2D eigenvalue weighted by atomic mass is 16.5. The highest BCUT2D eigenvalue weighted by Crippen LogP contribution is 2.12. The van der Waals surface area contributed by atoms with E-state index in [1.54, 1.807) is 0 Å². The molecule has 1 N–H and O–H groups in total. The zero-order chi connectivity index (χ0) is 8.97. The number of Topliss-reactive ketones (excluding diaryl/α,β-unsaturated/α-hetero) is 1. The lowest BCUT2D eigenvalue weighted by atomic mass is 9.82. The number of rotatable bonds is 3. The van der Waals surface area contributed by atoms with Crippen molar-refractivity contribution in [2.75, 3.05) is 0 Å². The molecule has 0 aromatic rings. The van der Waals surface area contributed by atoms with Gasteiger partial charge < -0.3 is 9.68 Å². The summed E-state index contributed by atoms with van der Waals surface area (Å²) in [6, 6.07) is 0. The summed E-state index contributed by atoms with van der Waals surface area (Å²) < 4.78 is 5.11. The summed E-state index contributed by atoms with van der Waals surface area (Å²) in [6.45, 7) is 1.82. The molecule has 0 saturated carbocycles. The van der Waals surface area contributed by atoms with E-state index in [0.29, 0.717) is 19.2 Å². The van der Waals surface area contributed by atoms with Gasteiger partial charge in [0.1, 0.15) is 5.78 Å². The van der Waals surface area contributed by atoms with Crippen molar-refractivity contribution < 1.29 is 14.5 Å². The normalized spacial score (nSPS) is 22.8. The van der Waals surface area contributed by atoms with Gasteiger partial charge in [-0.2, -0.15) is 0 Å². The zero-order valence-corrected chi connectivity index (χ0v) is 7.19. The predicted molar refractivity (Wildman–Crippen MR) is 46.7 cm³/mol. The van der Waals surface area contributed by atoms with Crippen LogP contribution in [0.15, 0.2) is 12.2 Å². The maximum Gasteiger partial charge on any atom is 0.458 e. The maximum atomic E-state index is 11.0. The molecule has 1 aliphatic heterocycles. The van der Waals surface area contributed by atoms with Crippen molar-refractivity contribution in [3.63, 3.8) is 0 Å². The smallest absolute Gasteiger partial charge is 0.427 e. The van der Waals surface area contributed by atoms with Gasteiger partial charge in [-0.3, -0.25) is 4.79 Å². The average molecular weight is 168 g/mol. The summed E-state index contributed by atoms with van der Waals surface area (Å²) in [5.41, 5.74) is 0. The molecule has 0 saturated heterocycles. The molecule has 0 bridgehead atoms. The lowest BCUT2D eigenvalue weighted by Gasteiger charge is -2.18. The summed E-state index contributed by atoms with van der Waals surface area (Å²) in [5.74, 6) is 0.166. The second-order valence-corrected chi connectivity index (χ2v) is 2.89. The Labute approximate surface area is 72.6 Å². The maximum absolute atomic E-state index is 11.0. The monoisotopic (exact) mass is 168 g/mol. The first-order valence-corrected chi connectivity index (χ1v) is 4.24. The van der Waals surface area contributed by atoms with E-state index >= 15 is 0 Å². The van der Waals surface area contributed by atoms with Crippen LogP contribution in [0, 0.1) is 0 Å². The van der Waals surface area contributed by atoms with E-state index in [0.717, 1.165) is 0 Å². The van der Waals surface area contributed by atoms with Crippen molar-refractivity contribution in [2.45, 2.75) is 32.2 Å². The fourth-order valence-electron chi connectivity index (χ4n) is 1.13. The molecule has 3 nitrogen and oxygen atoms in total. The molecule has 0 radical (unpaired) electrons. The van der Waals surface area contributed by atoms with Crippen LogP contribution in [0.1, 0.15) is 19.8 Å². The van der Waals surface area contributed by atoms with Crippen LogP contribution in [0.4, 0.5) is 0 Å².